The van der Waals surface area contributed by atoms with E-state index in [0.717, 1.165) is 54.3 Å². The highest BCUT2D eigenvalue weighted by Gasteiger charge is 2.33. The van der Waals surface area contributed by atoms with Crippen molar-refractivity contribution in [3.8, 4) is 0 Å². The molecule has 31 heavy (non-hydrogen) atoms. The van der Waals surface area contributed by atoms with E-state index in [4.69, 9.17) is 9.97 Å². The van der Waals surface area contributed by atoms with Gasteiger partial charge >= 0.3 is 0 Å². The van der Waals surface area contributed by atoms with Crippen molar-refractivity contribution in [1.82, 2.24) is 19.9 Å². The molecule has 0 spiro atoms. The number of aryl methyl sites for hydroxylation is 1. The lowest BCUT2D eigenvalue weighted by Crippen LogP contribution is -2.39. The van der Waals surface area contributed by atoms with E-state index in [1.807, 2.05) is 48.2 Å². The standard InChI is InChI=1S/C24H26N6O/c1-17-19-11-12-21(31)30(16-18-8-3-2-4-9-18)23(19)28-22(27-17)20-10-5-6-15-29(20)24-25-13-7-14-26-24/h2-4,7-9,13-14,20H,5-6,10-12,15-16H2,1H3. The van der Waals surface area contributed by atoms with Crippen LogP contribution in [0.25, 0.3) is 0 Å². The Bertz CT molecular complexity index is 1070. The third-order valence-electron chi connectivity index (χ3n) is 6.15. The molecule has 1 fully saturated rings. The first-order valence-corrected chi connectivity index (χ1v) is 11.0. The lowest BCUT2D eigenvalue weighted by Gasteiger charge is -2.36. The number of fused-ring (bicyclic) bond motifs is 1. The summed E-state index contributed by atoms with van der Waals surface area (Å²) >= 11 is 0. The quantitative estimate of drug-likeness (QED) is 0.647. The van der Waals surface area contributed by atoms with Crippen molar-refractivity contribution in [3.63, 3.8) is 0 Å². The summed E-state index contributed by atoms with van der Waals surface area (Å²) in [4.78, 5) is 35.8. The second-order valence-corrected chi connectivity index (χ2v) is 8.19. The van der Waals surface area contributed by atoms with E-state index in [1.165, 1.54) is 0 Å². The van der Waals surface area contributed by atoms with Crippen LogP contribution < -0.4 is 9.80 Å². The summed E-state index contributed by atoms with van der Waals surface area (Å²) in [6.07, 6.45) is 7.89. The largest absolute Gasteiger partial charge is 0.331 e. The molecule has 1 amide bonds. The average Bonchev–Trinajstić information content (AvgIpc) is 2.82. The van der Waals surface area contributed by atoms with Crippen molar-refractivity contribution in [3.05, 3.63) is 71.4 Å². The fourth-order valence-corrected chi connectivity index (χ4v) is 4.56. The molecular formula is C24H26N6O. The summed E-state index contributed by atoms with van der Waals surface area (Å²) in [5.41, 5.74) is 3.14. The van der Waals surface area contributed by atoms with Crippen molar-refractivity contribution >= 4 is 17.7 Å². The van der Waals surface area contributed by atoms with Crippen molar-refractivity contribution < 1.29 is 4.79 Å². The molecule has 1 saturated heterocycles. The molecule has 2 aromatic heterocycles. The van der Waals surface area contributed by atoms with Crippen molar-refractivity contribution in [2.75, 3.05) is 16.3 Å². The monoisotopic (exact) mass is 414 g/mol. The zero-order valence-electron chi connectivity index (χ0n) is 17.7. The summed E-state index contributed by atoms with van der Waals surface area (Å²) in [6, 6.07) is 11.9. The minimum absolute atomic E-state index is 0.00996. The minimum atomic E-state index is 0.00996. The van der Waals surface area contributed by atoms with E-state index in [-0.39, 0.29) is 11.9 Å². The lowest BCUT2D eigenvalue weighted by molar-refractivity contribution is -0.119. The first-order valence-electron chi connectivity index (χ1n) is 11.0. The second kappa shape index (κ2) is 8.41. The molecule has 4 heterocycles. The lowest BCUT2D eigenvalue weighted by atomic mass is 9.99. The van der Waals surface area contributed by atoms with Crippen molar-refractivity contribution in [2.45, 2.75) is 51.6 Å². The predicted molar refractivity (Wildman–Crippen MR) is 119 cm³/mol. The maximum atomic E-state index is 12.9. The summed E-state index contributed by atoms with van der Waals surface area (Å²) in [5, 5.41) is 0. The number of hydrogen-bond donors (Lipinski definition) is 0. The molecule has 1 aromatic carbocycles. The molecule has 1 atom stereocenters. The number of carbonyl (C=O) groups is 1. The first kappa shape index (κ1) is 19.6. The molecule has 0 radical (unpaired) electrons. The third-order valence-corrected chi connectivity index (χ3v) is 6.15. The first-order chi connectivity index (χ1) is 15.2. The summed E-state index contributed by atoms with van der Waals surface area (Å²) in [7, 11) is 0. The van der Waals surface area contributed by atoms with E-state index in [0.29, 0.717) is 25.3 Å². The number of hydrogen-bond acceptors (Lipinski definition) is 6. The summed E-state index contributed by atoms with van der Waals surface area (Å²) in [6.45, 7) is 3.44. The smallest absolute Gasteiger partial charge is 0.228 e. The van der Waals surface area contributed by atoms with Gasteiger partial charge in [-0.15, -0.1) is 0 Å². The molecule has 2 aliphatic rings. The van der Waals surface area contributed by atoms with Gasteiger partial charge in [0.15, 0.2) is 5.82 Å². The Labute approximate surface area is 182 Å². The van der Waals surface area contributed by atoms with E-state index >= 15 is 0 Å². The minimum Gasteiger partial charge on any atom is -0.331 e. The van der Waals surface area contributed by atoms with Crippen LogP contribution in [0.15, 0.2) is 48.8 Å². The summed E-state index contributed by atoms with van der Waals surface area (Å²) < 4.78 is 0. The van der Waals surface area contributed by atoms with Gasteiger partial charge in [-0.2, -0.15) is 0 Å². The van der Waals surface area contributed by atoms with Crippen LogP contribution in [0.4, 0.5) is 11.8 Å². The highest BCUT2D eigenvalue weighted by molar-refractivity contribution is 5.95. The van der Waals surface area contributed by atoms with Crippen LogP contribution in [0, 0.1) is 6.92 Å². The van der Waals surface area contributed by atoms with Crippen LogP contribution in [0.3, 0.4) is 0 Å². The van der Waals surface area contributed by atoms with Gasteiger partial charge in [-0.3, -0.25) is 9.69 Å². The molecular weight excluding hydrogens is 388 g/mol. The normalized spacial score (nSPS) is 18.7. The fraction of sp³-hybridized carbons (Fsp3) is 0.375. The maximum absolute atomic E-state index is 12.9. The van der Waals surface area contributed by atoms with Crippen LogP contribution in [-0.2, 0) is 17.8 Å². The van der Waals surface area contributed by atoms with Crippen molar-refractivity contribution in [1.29, 1.82) is 0 Å². The average molecular weight is 415 g/mol. The Hall–Kier alpha value is -3.35. The summed E-state index contributed by atoms with van der Waals surface area (Å²) in [5.74, 6) is 2.36. The highest BCUT2D eigenvalue weighted by atomic mass is 16.2. The van der Waals surface area contributed by atoms with Crippen molar-refractivity contribution in [2.24, 2.45) is 0 Å². The topological polar surface area (TPSA) is 75.1 Å². The van der Waals surface area contributed by atoms with Crippen LogP contribution in [0.2, 0.25) is 0 Å². The molecule has 5 rings (SSSR count). The van der Waals surface area contributed by atoms with Crippen LogP contribution in [-0.4, -0.2) is 32.4 Å². The SMILES string of the molecule is Cc1nc(C2CCCCN2c2ncccn2)nc2c1CCC(=O)N2Cc1ccccc1. The van der Waals surface area contributed by atoms with Gasteiger partial charge in [0, 0.05) is 36.6 Å². The predicted octanol–water partition coefficient (Wildman–Crippen LogP) is 3.79. The number of rotatable bonds is 4. The molecule has 7 nitrogen and oxygen atoms in total. The third kappa shape index (κ3) is 3.87. The molecule has 1 unspecified atom stereocenters. The zero-order valence-corrected chi connectivity index (χ0v) is 17.7. The maximum Gasteiger partial charge on any atom is 0.228 e. The molecule has 7 heteroatoms. The Morgan fingerprint density at radius 2 is 1.81 bits per heavy atom. The molecule has 3 aromatic rings. The van der Waals surface area contributed by atoms with Gasteiger partial charge in [0.1, 0.15) is 5.82 Å². The number of benzene rings is 1. The van der Waals surface area contributed by atoms with E-state index in [2.05, 4.69) is 14.9 Å². The Morgan fingerprint density at radius 1 is 1.00 bits per heavy atom. The number of nitrogens with zero attached hydrogens (tertiary/aromatic N) is 6. The number of aromatic nitrogens is 4. The zero-order chi connectivity index (χ0) is 21.2. The Morgan fingerprint density at radius 3 is 2.61 bits per heavy atom. The van der Waals surface area contributed by atoms with Gasteiger partial charge in [0.25, 0.3) is 0 Å². The molecule has 0 aliphatic carbocycles. The Balaban J connectivity index is 1.54. The van der Waals surface area contributed by atoms with Gasteiger partial charge in [-0.05, 0) is 44.2 Å². The van der Waals surface area contributed by atoms with E-state index in [9.17, 15) is 4.79 Å². The fourth-order valence-electron chi connectivity index (χ4n) is 4.56. The van der Waals surface area contributed by atoms with Crippen LogP contribution in [0.1, 0.15) is 54.4 Å². The number of piperidine rings is 1. The van der Waals surface area contributed by atoms with Crippen LogP contribution >= 0.6 is 0 Å². The van der Waals surface area contributed by atoms with Gasteiger partial charge < -0.3 is 4.90 Å². The molecule has 2 aliphatic heterocycles. The molecule has 0 bridgehead atoms. The number of amides is 1. The molecule has 0 N–H and O–H groups in total. The Kier molecular flexibility index (Phi) is 5.32. The van der Waals surface area contributed by atoms with E-state index in [1.54, 1.807) is 12.4 Å². The second-order valence-electron chi connectivity index (χ2n) is 8.19. The number of anilines is 2. The van der Waals surface area contributed by atoms with Crippen LogP contribution in [0.5, 0.6) is 0 Å². The highest BCUT2D eigenvalue weighted by Crippen LogP contribution is 2.35. The van der Waals surface area contributed by atoms with Gasteiger partial charge in [0.05, 0.1) is 12.6 Å². The van der Waals surface area contributed by atoms with Gasteiger partial charge in [-0.25, -0.2) is 19.9 Å². The molecule has 0 saturated carbocycles. The number of carbonyl (C=O) groups excluding carboxylic acids is 1. The van der Waals surface area contributed by atoms with E-state index < -0.39 is 0 Å². The molecule has 158 valence electrons. The van der Waals surface area contributed by atoms with Gasteiger partial charge in [0.2, 0.25) is 11.9 Å². The van der Waals surface area contributed by atoms with Gasteiger partial charge in [-0.1, -0.05) is 30.3 Å².